The number of nitrogens with zero attached hydrogens (tertiary/aromatic N) is 6. The summed E-state index contributed by atoms with van der Waals surface area (Å²) in [5.41, 5.74) is 6.14. The zero-order valence-corrected chi connectivity index (χ0v) is 19.4. The van der Waals surface area contributed by atoms with Gasteiger partial charge in [-0.3, -0.25) is 9.59 Å². The first-order valence-corrected chi connectivity index (χ1v) is 11.7. The third-order valence-electron chi connectivity index (χ3n) is 6.67. The average molecular weight is 476 g/mol. The van der Waals surface area contributed by atoms with Crippen LogP contribution in [-0.4, -0.2) is 38.0 Å². The minimum atomic E-state index is -0.512. The maximum atomic E-state index is 14.4. The van der Waals surface area contributed by atoms with Gasteiger partial charge in [0.05, 0.1) is 12.6 Å². The molecule has 0 aliphatic carbocycles. The van der Waals surface area contributed by atoms with E-state index in [9.17, 15) is 19.2 Å². The highest BCUT2D eigenvalue weighted by atomic mass is 19.1. The normalized spacial score (nSPS) is 16.2. The Hall–Kier alpha value is -3.97. The number of piperidine rings is 1. The Bertz CT molecular complexity index is 1590. The van der Waals surface area contributed by atoms with Crippen molar-refractivity contribution in [3.05, 3.63) is 68.5 Å². The zero-order valence-electron chi connectivity index (χ0n) is 19.4. The van der Waals surface area contributed by atoms with Gasteiger partial charge in [-0.15, -0.1) is 0 Å². The average Bonchev–Trinajstić information content (AvgIpc) is 3.26. The van der Waals surface area contributed by atoms with Gasteiger partial charge in [0.2, 0.25) is 5.95 Å². The molecule has 4 aromatic rings. The molecule has 9 nitrogen and oxygen atoms in total. The fourth-order valence-electron chi connectivity index (χ4n) is 5.01. The Morgan fingerprint density at radius 1 is 1.14 bits per heavy atom. The number of halogens is 1. The second-order valence-corrected chi connectivity index (χ2v) is 8.84. The molecular formula is C25H26FN7O2. The number of anilines is 1. The summed E-state index contributed by atoms with van der Waals surface area (Å²) in [5, 5.41) is 10.5. The van der Waals surface area contributed by atoms with Crippen molar-refractivity contribution in [3.63, 3.8) is 0 Å². The van der Waals surface area contributed by atoms with Crippen LogP contribution in [0.2, 0.25) is 0 Å². The van der Waals surface area contributed by atoms with Crippen molar-refractivity contribution in [2.75, 3.05) is 18.0 Å². The van der Waals surface area contributed by atoms with Gasteiger partial charge in [-0.05, 0) is 36.8 Å². The molecule has 35 heavy (non-hydrogen) atoms. The van der Waals surface area contributed by atoms with Gasteiger partial charge >= 0.3 is 0 Å². The van der Waals surface area contributed by atoms with E-state index in [1.165, 1.54) is 10.7 Å². The molecule has 2 aromatic heterocycles. The number of aryl methyl sites for hydroxylation is 1. The maximum absolute atomic E-state index is 14.4. The minimum absolute atomic E-state index is 0.00526. The van der Waals surface area contributed by atoms with Crippen molar-refractivity contribution in [2.24, 2.45) is 5.73 Å². The van der Waals surface area contributed by atoms with Crippen LogP contribution in [0.4, 0.5) is 10.3 Å². The largest absolute Gasteiger partial charge is 0.341 e. The number of nitriles is 1. The van der Waals surface area contributed by atoms with Crippen molar-refractivity contribution in [1.29, 1.82) is 5.26 Å². The van der Waals surface area contributed by atoms with Crippen LogP contribution in [0.25, 0.3) is 21.8 Å². The number of fused-ring (bicyclic) bond motifs is 2. The second kappa shape index (κ2) is 9.00. The van der Waals surface area contributed by atoms with Crippen LogP contribution in [0, 0.1) is 17.1 Å². The van der Waals surface area contributed by atoms with E-state index < -0.39 is 11.1 Å². The number of aromatic nitrogens is 4. The summed E-state index contributed by atoms with van der Waals surface area (Å²) in [6.45, 7) is 3.35. The van der Waals surface area contributed by atoms with E-state index in [1.807, 2.05) is 17.9 Å². The predicted molar refractivity (Wildman–Crippen MR) is 132 cm³/mol. The topological polar surface area (TPSA) is 115 Å². The summed E-state index contributed by atoms with van der Waals surface area (Å²) in [7, 11) is 0. The van der Waals surface area contributed by atoms with Gasteiger partial charge < -0.3 is 15.2 Å². The lowest BCUT2D eigenvalue weighted by Gasteiger charge is -2.31. The summed E-state index contributed by atoms with van der Waals surface area (Å²) in [6, 6.07) is 11.9. The van der Waals surface area contributed by atoms with Gasteiger partial charge in [-0.2, -0.15) is 5.26 Å². The molecule has 180 valence electrons. The van der Waals surface area contributed by atoms with E-state index in [-0.39, 0.29) is 36.0 Å². The predicted octanol–water partition coefficient (Wildman–Crippen LogP) is 2.17. The van der Waals surface area contributed by atoms with Gasteiger partial charge in [0.15, 0.2) is 5.52 Å². The first kappa shape index (κ1) is 22.8. The van der Waals surface area contributed by atoms with Crippen LogP contribution >= 0.6 is 0 Å². The lowest BCUT2D eigenvalue weighted by atomic mass is 10.0. The molecule has 0 radical (unpaired) electrons. The molecule has 1 unspecified atom stereocenters. The Labute approximate surface area is 200 Å². The molecule has 1 fully saturated rings. The molecular weight excluding hydrogens is 449 g/mol. The van der Waals surface area contributed by atoms with Gasteiger partial charge in [-0.1, -0.05) is 30.3 Å². The number of nitrogens with two attached hydrogens (primary N) is 1. The van der Waals surface area contributed by atoms with E-state index in [4.69, 9.17) is 5.73 Å². The van der Waals surface area contributed by atoms with Gasteiger partial charge in [-0.25, -0.2) is 18.7 Å². The molecule has 2 N–H and O–H groups in total. The first-order valence-electron chi connectivity index (χ1n) is 11.7. The Kier molecular flexibility index (Phi) is 5.86. The monoisotopic (exact) mass is 475 g/mol. The number of rotatable bonds is 5. The first-order chi connectivity index (χ1) is 16.9. The van der Waals surface area contributed by atoms with E-state index in [0.29, 0.717) is 35.4 Å². The summed E-state index contributed by atoms with van der Waals surface area (Å²) >= 11 is 0. The van der Waals surface area contributed by atoms with Crippen LogP contribution in [0.5, 0.6) is 0 Å². The van der Waals surface area contributed by atoms with Crippen molar-refractivity contribution < 1.29 is 4.39 Å². The summed E-state index contributed by atoms with van der Waals surface area (Å²) < 4.78 is 18.5. The Morgan fingerprint density at radius 3 is 2.63 bits per heavy atom. The number of hydrogen-bond donors (Lipinski definition) is 1. The lowest BCUT2D eigenvalue weighted by molar-refractivity contribution is 0.479. The van der Waals surface area contributed by atoms with Crippen LogP contribution in [0.3, 0.4) is 0 Å². The van der Waals surface area contributed by atoms with Crippen LogP contribution in [0.15, 0.2) is 46.0 Å². The molecule has 1 atom stereocenters. The van der Waals surface area contributed by atoms with E-state index in [1.54, 1.807) is 34.9 Å². The molecule has 10 heteroatoms. The van der Waals surface area contributed by atoms with Gasteiger partial charge in [0.1, 0.15) is 17.9 Å². The fraction of sp³-hybridized carbons (Fsp3) is 0.360. The van der Waals surface area contributed by atoms with E-state index in [2.05, 4.69) is 4.98 Å². The summed E-state index contributed by atoms with van der Waals surface area (Å²) in [4.78, 5) is 33.9. The fourth-order valence-corrected chi connectivity index (χ4v) is 5.01. The lowest BCUT2D eigenvalue weighted by Crippen LogP contribution is -2.44. The van der Waals surface area contributed by atoms with Gasteiger partial charge in [0.25, 0.3) is 11.1 Å². The highest BCUT2D eigenvalue weighted by molar-refractivity contribution is 5.86. The molecule has 2 aromatic carbocycles. The highest BCUT2D eigenvalue weighted by Gasteiger charge is 2.26. The highest BCUT2D eigenvalue weighted by Crippen LogP contribution is 2.24. The van der Waals surface area contributed by atoms with Crippen LogP contribution in [0.1, 0.15) is 25.3 Å². The Balaban J connectivity index is 1.74. The molecule has 3 heterocycles. The second-order valence-electron chi connectivity index (χ2n) is 8.84. The maximum Gasteiger partial charge on any atom is 0.294 e. The van der Waals surface area contributed by atoms with Crippen LogP contribution < -0.4 is 21.8 Å². The molecule has 0 saturated carbocycles. The van der Waals surface area contributed by atoms with Crippen molar-refractivity contribution in [3.8, 4) is 6.07 Å². The standard InChI is InChI=1S/C25H26FN7O2/c1-2-31-22-21(29-25(31)30-12-5-6-17(28)15-30)23(34)32(13-11-27)33(24(22)35)14-16-9-10-20(26)19-8-4-3-7-18(16)19/h3-4,7-10,17H,2,5-6,12-15,28H2,1H3. The SMILES string of the molecule is CCn1c(N2CCCC(N)C2)nc2c(=O)n(CC#N)n(Cc3ccc(F)c4ccccc34)c(=O)c21. The molecule has 5 rings (SSSR count). The van der Waals surface area contributed by atoms with Crippen molar-refractivity contribution >= 4 is 27.8 Å². The molecule has 0 amide bonds. The van der Waals surface area contributed by atoms with Crippen molar-refractivity contribution in [1.82, 2.24) is 18.9 Å². The van der Waals surface area contributed by atoms with E-state index >= 15 is 0 Å². The quantitative estimate of drug-likeness (QED) is 0.473. The number of benzene rings is 2. The molecule has 1 aliphatic heterocycles. The van der Waals surface area contributed by atoms with Crippen LogP contribution in [-0.2, 0) is 19.6 Å². The third kappa shape index (κ3) is 3.78. The van der Waals surface area contributed by atoms with E-state index in [0.717, 1.165) is 24.1 Å². The smallest absolute Gasteiger partial charge is 0.294 e. The summed E-state index contributed by atoms with van der Waals surface area (Å²) in [5.74, 6) is 0.176. The Morgan fingerprint density at radius 2 is 1.91 bits per heavy atom. The number of imidazole rings is 1. The molecule has 1 saturated heterocycles. The van der Waals surface area contributed by atoms with Gasteiger partial charge in [0, 0.05) is 31.1 Å². The third-order valence-corrected chi connectivity index (χ3v) is 6.67. The molecule has 1 aliphatic rings. The minimum Gasteiger partial charge on any atom is -0.341 e. The molecule has 0 bridgehead atoms. The number of hydrogen-bond acceptors (Lipinski definition) is 6. The summed E-state index contributed by atoms with van der Waals surface area (Å²) in [6.07, 6.45) is 1.81. The molecule has 0 spiro atoms. The zero-order chi connectivity index (χ0) is 24.7. The van der Waals surface area contributed by atoms with Crippen molar-refractivity contribution in [2.45, 2.75) is 45.4 Å².